The maximum atomic E-state index is 5.32. The van der Waals surface area contributed by atoms with E-state index in [0.717, 1.165) is 42.1 Å². The highest BCUT2D eigenvalue weighted by molar-refractivity contribution is 5.36. The number of benzene rings is 1. The molecule has 0 fully saturated rings. The summed E-state index contributed by atoms with van der Waals surface area (Å²) in [6.45, 7) is 5.69. The lowest BCUT2D eigenvalue weighted by Crippen LogP contribution is -2.17. The van der Waals surface area contributed by atoms with Crippen LogP contribution < -0.4 is 10.1 Å². The molecule has 0 saturated heterocycles. The molecule has 19 heavy (non-hydrogen) atoms. The standard InChI is InChI=1S/C15H20N2O2/c1-11-4-5-13(8-15(11)18-3)6-7-16-9-14-12(2)10-19-17-14/h4-5,8,10,16H,6-7,9H2,1-3H3. The maximum absolute atomic E-state index is 5.32. The molecule has 1 N–H and O–H groups in total. The second-order valence-electron chi connectivity index (χ2n) is 4.68. The zero-order valence-electron chi connectivity index (χ0n) is 11.7. The number of hydrogen-bond donors (Lipinski definition) is 1. The Hall–Kier alpha value is -1.81. The summed E-state index contributed by atoms with van der Waals surface area (Å²) in [5.74, 6) is 0.949. The van der Waals surface area contributed by atoms with Crippen molar-refractivity contribution in [2.24, 2.45) is 0 Å². The summed E-state index contributed by atoms with van der Waals surface area (Å²) in [6.07, 6.45) is 2.63. The largest absolute Gasteiger partial charge is 0.496 e. The quantitative estimate of drug-likeness (QED) is 0.811. The number of nitrogens with zero attached hydrogens (tertiary/aromatic N) is 1. The van der Waals surface area contributed by atoms with E-state index >= 15 is 0 Å². The number of aryl methyl sites for hydroxylation is 2. The van der Waals surface area contributed by atoms with E-state index in [0.29, 0.717) is 0 Å². The molecule has 0 amide bonds. The number of rotatable bonds is 6. The summed E-state index contributed by atoms with van der Waals surface area (Å²) in [5.41, 5.74) is 4.50. The van der Waals surface area contributed by atoms with Crippen molar-refractivity contribution < 1.29 is 9.26 Å². The fraction of sp³-hybridized carbons (Fsp3) is 0.400. The van der Waals surface area contributed by atoms with Gasteiger partial charge in [0.1, 0.15) is 17.7 Å². The molecule has 2 rings (SSSR count). The first-order chi connectivity index (χ1) is 9.20. The number of ether oxygens (including phenoxy) is 1. The van der Waals surface area contributed by atoms with E-state index in [1.165, 1.54) is 5.56 Å². The molecule has 0 bridgehead atoms. The van der Waals surface area contributed by atoms with Gasteiger partial charge in [-0.15, -0.1) is 0 Å². The Bertz CT molecular complexity index is 535. The van der Waals surface area contributed by atoms with Gasteiger partial charge in [0.2, 0.25) is 0 Å². The number of nitrogens with one attached hydrogen (secondary N) is 1. The zero-order valence-corrected chi connectivity index (χ0v) is 11.7. The van der Waals surface area contributed by atoms with E-state index in [2.05, 4.69) is 28.7 Å². The molecule has 2 aromatic rings. The molecule has 0 spiro atoms. The predicted molar refractivity (Wildman–Crippen MR) is 74.4 cm³/mol. The van der Waals surface area contributed by atoms with Crippen LogP contribution >= 0.6 is 0 Å². The molecule has 1 aromatic carbocycles. The summed E-state index contributed by atoms with van der Waals surface area (Å²) < 4.78 is 10.2. The Morgan fingerprint density at radius 3 is 2.79 bits per heavy atom. The molecule has 102 valence electrons. The van der Waals surface area contributed by atoms with Gasteiger partial charge in [-0.2, -0.15) is 0 Å². The van der Waals surface area contributed by atoms with Crippen molar-refractivity contribution in [1.29, 1.82) is 0 Å². The lowest BCUT2D eigenvalue weighted by molar-refractivity contribution is 0.408. The third-order valence-electron chi connectivity index (χ3n) is 3.20. The Balaban J connectivity index is 1.81. The van der Waals surface area contributed by atoms with Crippen LogP contribution in [0.15, 0.2) is 29.0 Å². The second kappa shape index (κ2) is 6.38. The second-order valence-corrected chi connectivity index (χ2v) is 4.68. The average molecular weight is 260 g/mol. The molecule has 0 unspecified atom stereocenters. The van der Waals surface area contributed by atoms with Gasteiger partial charge in [-0.05, 0) is 44.0 Å². The van der Waals surface area contributed by atoms with Gasteiger partial charge in [-0.25, -0.2) is 0 Å². The van der Waals surface area contributed by atoms with Crippen LogP contribution in [0.2, 0.25) is 0 Å². The predicted octanol–water partition coefficient (Wildman–Crippen LogP) is 2.63. The van der Waals surface area contributed by atoms with Crippen molar-refractivity contribution >= 4 is 0 Å². The summed E-state index contributed by atoms with van der Waals surface area (Å²) in [6, 6.07) is 6.33. The molecular weight excluding hydrogens is 240 g/mol. The highest BCUT2D eigenvalue weighted by atomic mass is 16.5. The van der Waals surface area contributed by atoms with Gasteiger partial charge in [0.25, 0.3) is 0 Å². The average Bonchev–Trinajstić information content (AvgIpc) is 2.82. The van der Waals surface area contributed by atoms with E-state index in [9.17, 15) is 0 Å². The Morgan fingerprint density at radius 2 is 2.11 bits per heavy atom. The Morgan fingerprint density at radius 1 is 1.26 bits per heavy atom. The molecule has 1 heterocycles. The Kier molecular flexibility index (Phi) is 4.58. The van der Waals surface area contributed by atoms with E-state index in [-0.39, 0.29) is 0 Å². The van der Waals surface area contributed by atoms with E-state index in [1.54, 1.807) is 13.4 Å². The van der Waals surface area contributed by atoms with Crippen molar-refractivity contribution in [3.05, 3.63) is 46.8 Å². The summed E-state index contributed by atoms with van der Waals surface area (Å²) >= 11 is 0. The minimum Gasteiger partial charge on any atom is -0.496 e. The van der Waals surface area contributed by atoms with E-state index in [4.69, 9.17) is 9.26 Å². The van der Waals surface area contributed by atoms with Crippen molar-refractivity contribution in [3.8, 4) is 5.75 Å². The first kappa shape index (κ1) is 13.6. The van der Waals surface area contributed by atoms with Crippen LogP contribution in [0.25, 0.3) is 0 Å². The zero-order chi connectivity index (χ0) is 13.7. The van der Waals surface area contributed by atoms with Gasteiger partial charge in [0, 0.05) is 12.1 Å². The van der Waals surface area contributed by atoms with Crippen LogP contribution in [0, 0.1) is 13.8 Å². The Labute approximate surface area is 113 Å². The third kappa shape index (κ3) is 3.58. The topological polar surface area (TPSA) is 47.3 Å². The van der Waals surface area contributed by atoms with Crippen molar-refractivity contribution in [1.82, 2.24) is 10.5 Å². The van der Waals surface area contributed by atoms with Crippen LogP contribution in [0.4, 0.5) is 0 Å². The van der Waals surface area contributed by atoms with Gasteiger partial charge in [0.05, 0.1) is 7.11 Å². The smallest absolute Gasteiger partial charge is 0.127 e. The summed E-state index contributed by atoms with van der Waals surface area (Å²) in [7, 11) is 1.71. The molecule has 4 heteroatoms. The van der Waals surface area contributed by atoms with Crippen molar-refractivity contribution in [3.63, 3.8) is 0 Å². The van der Waals surface area contributed by atoms with Crippen molar-refractivity contribution in [2.45, 2.75) is 26.8 Å². The van der Waals surface area contributed by atoms with Crippen LogP contribution in [0.3, 0.4) is 0 Å². The molecule has 0 atom stereocenters. The fourth-order valence-electron chi connectivity index (χ4n) is 1.94. The SMILES string of the molecule is COc1cc(CCNCc2nocc2C)ccc1C. The van der Waals surface area contributed by atoms with Gasteiger partial charge in [0.15, 0.2) is 0 Å². The molecule has 1 aromatic heterocycles. The van der Waals surface area contributed by atoms with E-state index in [1.807, 2.05) is 13.8 Å². The van der Waals surface area contributed by atoms with Gasteiger partial charge in [-0.1, -0.05) is 17.3 Å². The van der Waals surface area contributed by atoms with Gasteiger partial charge in [-0.3, -0.25) is 0 Å². The normalized spacial score (nSPS) is 10.7. The molecule has 0 aliphatic rings. The first-order valence-electron chi connectivity index (χ1n) is 6.45. The maximum Gasteiger partial charge on any atom is 0.127 e. The lowest BCUT2D eigenvalue weighted by atomic mass is 10.1. The number of methoxy groups -OCH3 is 1. The van der Waals surface area contributed by atoms with Crippen molar-refractivity contribution in [2.75, 3.05) is 13.7 Å². The van der Waals surface area contributed by atoms with Crippen LogP contribution in [0.1, 0.15) is 22.4 Å². The summed E-state index contributed by atoms with van der Waals surface area (Å²) in [5, 5.41) is 7.31. The minimum atomic E-state index is 0.741. The van der Waals surface area contributed by atoms with Gasteiger partial charge >= 0.3 is 0 Å². The van der Waals surface area contributed by atoms with Gasteiger partial charge < -0.3 is 14.6 Å². The lowest BCUT2D eigenvalue weighted by Gasteiger charge is -2.08. The highest BCUT2D eigenvalue weighted by Gasteiger charge is 2.03. The first-order valence-corrected chi connectivity index (χ1v) is 6.45. The van der Waals surface area contributed by atoms with Crippen LogP contribution in [-0.4, -0.2) is 18.8 Å². The molecule has 4 nitrogen and oxygen atoms in total. The molecule has 0 aliphatic carbocycles. The van der Waals surface area contributed by atoms with E-state index < -0.39 is 0 Å². The molecule has 0 aliphatic heterocycles. The van der Waals surface area contributed by atoms with Crippen LogP contribution in [-0.2, 0) is 13.0 Å². The molecule has 0 saturated carbocycles. The monoisotopic (exact) mass is 260 g/mol. The number of hydrogen-bond acceptors (Lipinski definition) is 4. The third-order valence-corrected chi connectivity index (χ3v) is 3.20. The fourth-order valence-corrected chi connectivity index (χ4v) is 1.94. The highest BCUT2D eigenvalue weighted by Crippen LogP contribution is 2.19. The molecule has 0 radical (unpaired) electrons. The van der Waals surface area contributed by atoms with Crippen LogP contribution in [0.5, 0.6) is 5.75 Å². The minimum absolute atomic E-state index is 0.741. The summed E-state index contributed by atoms with van der Waals surface area (Å²) in [4.78, 5) is 0. The molecular formula is C15H20N2O2. The number of aromatic nitrogens is 1.